The first-order valence-corrected chi connectivity index (χ1v) is 8.43. The number of benzene rings is 2. The van der Waals surface area contributed by atoms with Gasteiger partial charge in [0.15, 0.2) is 5.78 Å². The van der Waals surface area contributed by atoms with Gasteiger partial charge in [0.05, 0.1) is 12.8 Å². The van der Waals surface area contributed by atoms with Crippen LogP contribution in [0.15, 0.2) is 55.1 Å². The molecule has 0 bridgehead atoms. The van der Waals surface area contributed by atoms with Crippen LogP contribution in [0.1, 0.15) is 35.2 Å². The number of rotatable bonds is 9. The van der Waals surface area contributed by atoms with E-state index in [2.05, 4.69) is 6.58 Å². The van der Waals surface area contributed by atoms with Crippen molar-refractivity contribution < 1.29 is 28.9 Å². The second-order valence-corrected chi connectivity index (χ2v) is 6.42. The lowest BCUT2D eigenvalue weighted by atomic mass is 9.99. The van der Waals surface area contributed by atoms with Crippen molar-refractivity contribution in [3.05, 3.63) is 77.1 Å². The van der Waals surface area contributed by atoms with Gasteiger partial charge < -0.3 is 14.9 Å². The molecule has 0 aliphatic rings. The van der Waals surface area contributed by atoms with Crippen LogP contribution in [0, 0.1) is 5.82 Å². The van der Waals surface area contributed by atoms with E-state index in [4.69, 9.17) is 21.4 Å². The molecular formula is C20H18ClFO5. The SMILES string of the molecule is C=C(OC(O)(CCC(=O)O)CC(=O)c1ccc(F)cc1)c1ccc(Cl)cc1. The molecule has 2 aromatic carbocycles. The molecule has 7 heteroatoms. The van der Waals surface area contributed by atoms with E-state index in [1.807, 2.05) is 0 Å². The van der Waals surface area contributed by atoms with Crippen molar-refractivity contribution in [2.75, 3.05) is 0 Å². The Morgan fingerprint density at radius 1 is 1.07 bits per heavy atom. The number of aliphatic carboxylic acids is 1. The summed E-state index contributed by atoms with van der Waals surface area (Å²) >= 11 is 5.83. The van der Waals surface area contributed by atoms with Crippen LogP contribution in [0.3, 0.4) is 0 Å². The van der Waals surface area contributed by atoms with Crippen molar-refractivity contribution in [3.8, 4) is 0 Å². The van der Waals surface area contributed by atoms with Gasteiger partial charge in [-0.2, -0.15) is 0 Å². The largest absolute Gasteiger partial charge is 0.481 e. The summed E-state index contributed by atoms with van der Waals surface area (Å²) < 4.78 is 18.5. The highest BCUT2D eigenvalue weighted by atomic mass is 35.5. The molecule has 5 nitrogen and oxygen atoms in total. The highest BCUT2D eigenvalue weighted by Gasteiger charge is 2.34. The van der Waals surface area contributed by atoms with Gasteiger partial charge >= 0.3 is 5.97 Å². The molecule has 0 saturated carbocycles. The topological polar surface area (TPSA) is 83.8 Å². The zero-order valence-electron chi connectivity index (χ0n) is 14.3. The fourth-order valence-electron chi connectivity index (χ4n) is 2.39. The molecule has 142 valence electrons. The van der Waals surface area contributed by atoms with Gasteiger partial charge in [-0.3, -0.25) is 9.59 Å². The van der Waals surface area contributed by atoms with Crippen LogP contribution >= 0.6 is 11.6 Å². The zero-order valence-corrected chi connectivity index (χ0v) is 15.1. The first-order valence-electron chi connectivity index (χ1n) is 8.05. The molecule has 0 aromatic heterocycles. The second-order valence-electron chi connectivity index (χ2n) is 5.98. The molecule has 2 N–H and O–H groups in total. The van der Waals surface area contributed by atoms with Crippen LogP contribution < -0.4 is 0 Å². The number of carboxylic acid groups (broad SMARTS) is 1. The van der Waals surface area contributed by atoms with E-state index in [9.17, 15) is 19.1 Å². The number of Topliss-reactive ketones (excluding diaryl/α,β-unsaturated/α-hetero) is 1. The Kier molecular flexibility index (Phi) is 6.71. The van der Waals surface area contributed by atoms with E-state index in [1.165, 1.54) is 12.1 Å². The summed E-state index contributed by atoms with van der Waals surface area (Å²) in [4.78, 5) is 23.3. The molecule has 1 atom stereocenters. The number of aliphatic hydroxyl groups is 1. The van der Waals surface area contributed by atoms with Crippen molar-refractivity contribution in [1.82, 2.24) is 0 Å². The maximum Gasteiger partial charge on any atom is 0.303 e. The minimum Gasteiger partial charge on any atom is -0.481 e. The van der Waals surface area contributed by atoms with Crippen LogP contribution in [0.5, 0.6) is 0 Å². The average molecular weight is 393 g/mol. The molecule has 0 radical (unpaired) electrons. The smallest absolute Gasteiger partial charge is 0.303 e. The van der Waals surface area contributed by atoms with Crippen LogP contribution in [0.4, 0.5) is 4.39 Å². The molecule has 27 heavy (non-hydrogen) atoms. The van der Waals surface area contributed by atoms with Gasteiger partial charge in [-0.25, -0.2) is 4.39 Å². The quantitative estimate of drug-likeness (QED) is 0.378. The second kappa shape index (κ2) is 8.79. The molecule has 0 heterocycles. The van der Waals surface area contributed by atoms with E-state index in [0.29, 0.717) is 10.6 Å². The van der Waals surface area contributed by atoms with Gasteiger partial charge in [0.25, 0.3) is 0 Å². The van der Waals surface area contributed by atoms with E-state index >= 15 is 0 Å². The van der Waals surface area contributed by atoms with Gasteiger partial charge in [0.1, 0.15) is 11.6 Å². The highest BCUT2D eigenvalue weighted by Crippen LogP contribution is 2.29. The van der Waals surface area contributed by atoms with Crippen LogP contribution in [0.2, 0.25) is 5.02 Å². The number of hydrogen-bond acceptors (Lipinski definition) is 4. The zero-order chi connectivity index (χ0) is 20.0. The van der Waals surface area contributed by atoms with Crippen LogP contribution in [0.25, 0.3) is 5.76 Å². The molecule has 1 unspecified atom stereocenters. The number of hydrogen-bond donors (Lipinski definition) is 2. The average Bonchev–Trinajstić information content (AvgIpc) is 2.61. The number of carboxylic acids is 1. The van der Waals surface area contributed by atoms with Gasteiger partial charge in [-0.1, -0.05) is 18.2 Å². The highest BCUT2D eigenvalue weighted by molar-refractivity contribution is 6.30. The first-order chi connectivity index (χ1) is 12.7. The monoisotopic (exact) mass is 392 g/mol. The molecule has 0 amide bonds. The molecule has 2 rings (SSSR count). The molecular weight excluding hydrogens is 375 g/mol. The van der Waals surface area contributed by atoms with Crippen molar-refractivity contribution in [2.24, 2.45) is 0 Å². The summed E-state index contributed by atoms with van der Waals surface area (Å²) in [6.45, 7) is 3.72. The van der Waals surface area contributed by atoms with E-state index in [0.717, 1.165) is 12.1 Å². The summed E-state index contributed by atoms with van der Waals surface area (Å²) in [5, 5.41) is 20.2. The Bertz CT molecular complexity index is 771. The third-order valence-corrected chi connectivity index (χ3v) is 4.06. The minimum absolute atomic E-state index is 0.0615. The lowest BCUT2D eigenvalue weighted by Gasteiger charge is -2.29. The number of ether oxygens (including phenoxy) is 1. The molecule has 0 aliphatic carbocycles. The van der Waals surface area contributed by atoms with Crippen molar-refractivity contribution in [2.45, 2.75) is 25.0 Å². The third kappa shape index (κ3) is 6.20. The van der Waals surface area contributed by atoms with Gasteiger partial charge in [0.2, 0.25) is 5.79 Å². The lowest BCUT2D eigenvalue weighted by Crippen LogP contribution is -2.35. The van der Waals surface area contributed by atoms with Crippen molar-refractivity contribution >= 4 is 29.1 Å². The lowest BCUT2D eigenvalue weighted by molar-refractivity contribution is -0.166. The van der Waals surface area contributed by atoms with Crippen LogP contribution in [-0.2, 0) is 9.53 Å². The fraction of sp³-hybridized carbons (Fsp3) is 0.200. The maximum absolute atomic E-state index is 13.0. The Labute approximate surface area is 160 Å². The van der Waals surface area contributed by atoms with Gasteiger partial charge in [-0.15, -0.1) is 0 Å². The van der Waals surface area contributed by atoms with Gasteiger partial charge in [0, 0.05) is 22.6 Å². The Morgan fingerprint density at radius 2 is 1.63 bits per heavy atom. The summed E-state index contributed by atoms with van der Waals surface area (Å²) in [7, 11) is 0. The van der Waals surface area contributed by atoms with E-state index in [1.54, 1.807) is 24.3 Å². The molecule has 0 saturated heterocycles. The van der Waals surface area contributed by atoms with Crippen molar-refractivity contribution in [3.63, 3.8) is 0 Å². The predicted molar refractivity (Wildman–Crippen MR) is 98.7 cm³/mol. The van der Waals surface area contributed by atoms with E-state index < -0.39 is 36.2 Å². The Hall–Kier alpha value is -2.70. The molecule has 0 fully saturated rings. The third-order valence-electron chi connectivity index (χ3n) is 3.81. The summed E-state index contributed by atoms with van der Waals surface area (Å²) in [6, 6.07) is 11.2. The molecule has 0 spiro atoms. The summed E-state index contributed by atoms with van der Waals surface area (Å²) in [5.41, 5.74) is 0.688. The molecule has 0 aliphatic heterocycles. The van der Waals surface area contributed by atoms with Gasteiger partial charge in [-0.05, 0) is 48.5 Å². The normalized spacial score (nSPS) is 12.9. The summed E-state index contributed by atoms with van der Waals surface area (Å²) in [5.74, 6) is -4.19. The van der Waals surface area contributed by atoms with Crippen molar-refractivity contribution in [1.29, 1.82) is 0 Å². The number of carbonyl (C=O) groups is 2. The standard InChI is InChI=1S/C20H18ClFO5/c1-13(14-2-6-16(21)7-3-14)27-20(26,11-10-19(24)25)12-18(23)15-4-8-17(22)9-5-15/h2-9,26H,1,10-12H2,(H,24,25). The fourth-order valence-corrected chi connectivity index (χ4v) is 2.52. The van der Waals surface area contributed by atoms with E-state index in [-0.39, 0.29) is 17.7 Å². The Balaban J connectivity index is 2.18. The predicted octanol–water partition coefficient (Wildman–Crippen LogP) is 4.29. The maximum atomic E-state index is 13.0. The first kappa shape index (κ1) is 20.6. The minimum atomic E-state index is -2.08. The summed E-state index contributed by atoms with van der Waals surface area (Å²) in [6.07, 6.45) is -1.26. The number of carbonyl (C=O) groups excluding carboxylic acids is 1. The number of ketones is 1. The molecule has 2 aromatic rings. The Morgan fingerprint density at radius 3 is 2.19 bits per heavy atom. The number of halogens is 2. The van der Waals surface area contributed by atoms with Crippen LogP contribution in [-0.4, -0.2) is 27.8 Å².